The molecule has 1 rings (SSSR count). The minimum atomic E-state index is -3.47. The predicted molar refractivity (Wildman–Crippen MR) is 84.6 cm³/mol. The fraction of sp³-hybridized carbons (Fsp3) is 0.600. The van der Waals surface area contributed by atoms with Crippen LogP contribution in [0.2, 0.25) is 0 Å². The Hall–Kier alpha value is -0.950. The van der Waals surface area contributed by atoms with Crippen LogP contribution >= 0.6 is 0 Å². The fourth-order valence-electron chi connectivity index (χ4n) is 1.89. The first-order chi connectivity index (χ1) is 9.86. The zero-order valence-electron chi connectivity index (χ0n) is 13.1. The summed E-state index contributed by atoms with van der Waals surface area (Å²) >= 11 is 0. The number of hydrogen-bond donors (Lipinski definition) is 2. The van der Waals surface area contributed by atoms with Gasteiger partial charge >= 0.3 is 0 Å². The van der Waals surface area contributed by atoms with E-state index in [1.165, 1.54) is 0 Å². The molecule has 0 radical (unpaired) electrons. The van der Waals surface area contributed by atoms with Crippen molar-refractivity contribution in [2.75, 3.05) is 13.2 Å². The lowest BCUT2D eigenvalue weighted by Gasteiger charge is -2.11. The first-order valence-corrected chi connectivity index (χ1v) is 8.76. The summed E-state index contributed by atoms with van der Waals surface area (Å²) in [6.45, 7) is 7.14. The molecule has 120 valence electrons. The number of sulfonamides is 1. The minimum absolute atomic E-state index is 0.211. The van der Waals surface area contributed by atoms with Gasteiger partial charge < -0.3 is 10.5 Å². The van der Waals surface area contributed by atoms with Crippen molar-refractivity contribution in [3.63, 3.8) is 0 Å². The molecule has 0 heterocycles. The Kier molecular flexibility index (Phi) is 7.31. The summed E-state index contributed by atoms with van der Waals surface area (Å²) in [5, 5.41) is 0. The highest BCUT2D eigenvalue weighted by Crippen LogP contribution is 2.16. The molecule has 0 saturated carbocycles. The van der Waals surface area contributed by atoms with Crippen LogP contribution in [0.25, 0.3) is 0 Å². The zero-order valence-corrected chi connectivity index (χ0v) is 13.9. The molecule has 0 atom stereocenters. The second kappa shape index (κ2) is 8.48. The number of aryl methyl sites for hydroxylation is 1. The van der Waals surface area contributed by atoms with E-state index in [1.54, 1.807) is 19.1 Å². The first-order valence-electron chi connectivity index (χ1n) is 7.27. The van der Waals surface area contributed by atoms with Crippen LogP contribution in [0.15, 0.2) is 23.1 Å². The largest absolute Gasteiger partial charge is 0.379 e. The van der Waals surface area contributed by atoms with E-state index in [1.807, 2.05) is 19.9 Å². The van der Waals surface area contributed by atoms with Crippen molar-refractivity contribution in [3.05, 3.63) is 29.3 Å². The molecule has 0 unspecified atom stereocenters. The standard InChI is InChI=1S/C15H26N2O3S/c1-12(2)20-9-5-4-8-17-21(18,19)15-10-14(11-16)7-6-13(15)3/h6-7,10,12,17H,4-5,8-9,11,16H2,1-3H3. The van der Waals surface area contributed by atoms with Crippen LogP contribution in [0.5, 0.6) is 0 Å². The lowest BCUT2D eigenvalue weighted by atomic mass is 10.1. The van der Waals surface area contributed by atoms with Gasteiger partial charge in [0.2, 0.25) is 10.0 Å². The van der Waals surface area contributed by atoms with Gasteiger partial charge in [-0.1, -0.05) is 12.1 Å². The molecule has 0 aromatic heterocycles. The van der Waals surface area contributed by atoms with Gasteiger partial charge in [-0.05, 0) is 50.8 Å². The van der Waals surface area contributed by atoms with Gasteiger partial charge in [-0.3, -0.25) is 0 Å². The smallest absolute Gasteiger partial charge is 0.240 e. The average molecular weight is 314 g/mol. The monoisotopic (exact) mass is 314 g/mol. The van der Waals surface area contributed by atoms with Gasteiger partial charge in [-0.15, -0.1) is 0 Å². The van der Waals surface area contributed by atoms with Gasteiger partial charge in [-0.25, -0.2) is 13.1 Å². The Bertz CT molecular complexity index is 542. The van der Waals surface area contributed by atoms with E-state index in [0.717, 1.165) is 24.0 Å². The van der Waals surface area contributed by atoms with Crippen LogP contribution in [-0.2, 0) is 21.3 Å². The summed E-state index contributed by atoms with van der Waals surface area (Å²) in [4.78, 5) is 0.309. The molecule has 0 saturated heterocycles. The third kappa shape index (κ3) is 6.13. The van der Waals surface area contributed by atoms with Crippen LogP contribution in [0.4, 0.5) is 0 Å². The van der Waals surface area contributed by atoms with E-state index >= 15 is 0 Å². The Morgan fingerprint density at radius 1 is 1.29 bits per heavy atom. The van der Waals surface area contributed by atoms with Gasteiger partial charge in [0.05, 0.1) is 11.0 Å². The number of benzene rings is 1. The van der Waals surface area contributed by atoms with Crippen LogP contribution in [-0.4, -0.2) is 27.7 Å². The molecule has 5 nitrogen and oxygen atoms in total. The highest BCUT2D eigenvalue weighted by Gasteiger charge is 2.16. The molecule has 0 bridgehead atoms. The van der Waals surface area contributed by atoms with Gasteiger partial charge in [0.25, 0.3) is 0 Å². The molecule has 1 aromatic rings. The number of nitrogens with one attached hydrogen (secondary N) is 1. The van der Waals surface area contributed by atoms with E-state index in [2.05, 4.69) is 4.72 Å². The molecule has 21 heavy (non-hydrogen) atoms. The zero-order chi connectivity index (χ0) is 15.9. The van der Waals surface area contributed by atoms with Crippen LogP contribution in [0.1, 0.15) is 37.8 Å². The van der Waals surface area contributed by atoms with Crippen LogP contribution < -0.4 is 10.5 Å². The van der Waals surface area contributed by atoms with E-state index < -0.39 is 10.0 Å². The minimum Gasteiger partial charge on any atom is -0.379 e. The first kappa shape index (κ1) is 18.1. The predicted octanol–water partition coefficient (Wildman–Crippen LogP) is 1.94. The Labute approximate surface area is 127 Å². The van der Waals surface area contributed by atoms with E-state index in [-0.39, 0.29) is 6.10 Å². The number of hydrogen-bond acceptors (Lipinski definition) is 4. The fourth-order valence-corrected chi connectivity index (χ4v) is 3.26. The number of nitrogens with two attached hydrogens (primary N) is 1. The third-order valence-electron chi connectivity index (χ3n) is 3.09. The SMILES string of the molecule is Cc1ccc(CN)cc1S(=O)(=O)NCCCCOC(C)C. The third-order valence-corrected chi connectivity index (χ3v) is 4.70. The molecule has 0 spiro atoms. The molecular weight excluding hydrogens is 288 g/mol. The molecule has 0 aliphatic rings. The average Bonchev–Trinajstić information content (AvgIpc) is 2.42. The molecule has 3 N–H and O–H groups in total. The van der Waals surface area contributed by atoms with Crippen molar-refractivity contribution in [3.8, 4) is 0 Å². The number of ether oxygens (including phenoxy) is 1. The maximum absolute atomic E-state index is 12.3. The van der Waals surface area contributed by atoms with Gasteiger partial charge in [0, 0.05) is 19.7 Å². The van der Waals surface area contributed by atoms with Crippen LogP contribution in [0.3, 0.4) is 0 Å². The van der Waals surface area contributed by atoms with Crippen molar-refractivity contribution >= 4 is 10.0 Å². The lowest BCUT2D eigenvalue weighted by Crippen LogP contribution is -2.26. The summed E-state index contributed by atoms with van der Waals surface area (Å²) in [5.41, 5.74) is 7.10. The molecule has 0 aliphatic carbocycles. The van der Waals surface area contributed by atoms with E-state index in [9.17, 15) is 8.42 Å². The highest BCUT2D eigenvalue weighted by molar-refractivity contribution is 7.89. The topological polar surface area (TPSA) is 81.4 Å². The molecule has 0 aliphatic heterocycles. The molecular formula is C15H26N2O3S. The number of rotatable bonds is 9. The van der Waals surface area contributed by atoms with Crippen molar-refractivity contribution in [1.82, 2.24) is 4.72 Å². The summed E-state index contributed by atoms with van der Waals surface area (Å²) in [7, 11) is -3.47. The Balaban J connectivity index is 2.54. The quantitative estimate of drug-likeness (QED) is 0.683. The lowest BCUT2D eigenvalue weighted by molar-refractivity contribution is 0.0762. The summed E-state index contributed by atoms with van der Waals surface area (Å²) in [5.74, 6) is 0. The van der Waals surface area contributed by atoms with Gasteiger partial charge in [0.15, 0.2) is 0 Å². The summed E-state index contributed by atoms with van der Waals surface area (Å²) in [6, 6.07) is 5.27. The molecule has 6 heteroatoms. The molecule has 1 aromatic carbocycles. The molecule has 0 amide bonds. The maximum atomic E-state index is 12.3. The molecule has 0 fully saturated rings. The van der Waals surface area contributed by atoms with Crippen molar-refractivity contribution in [2.45, 2.75) is 51.2 Å². The van der Waals surface area contributed by atoms with Crippen molar-refractivity contribution in [2.24, 2.45) is 5.73 Å². The Morgan fingerprint density at radius 2 is 2.00 bits per heavy atom. The van der Waals surface area contributed by atoms with Gasteiger partial charge in [-0.2, -0.15) is 0 Å². The van der Waals surface area contributed by atoms with E-state index in [4.69, 9.17) is 10.5 Å². The highest BCUT2D eigenvalue weighted by atomic mass is 32.2. The summed E-state index contributed by atoms with van der Waals surface area (Å²) in [6.07, 6.45) is 1.80. The maximum Gasteiger partial charge on any atom is 0.240 e. The van der Waals surface area contributed by atoms with Crippen molar-refractivity contribution < 1.29 is 13.2 Å². The second-order valence-corrected chi connectivity index (χ2v) is 7.06. The second-order valence-electron chi connectivity index (χ2n) is 5.33. The summed E-state index contributed by atoms with van der Waals surface area (Å²) < 4.78 is 32.6. The number of unbranched alkanes of at least 4 members (excludes halogenated alkanes) is 1. The Morgan fingerprint density at radius 3 is 2.62 bits per heavy atom. The van der Waals surface area contributed by atoms with Crippen molar-refractivity contribution in [1.29, 1.82) is 0 Å². The van der Waals surface area contributed by atoms with E-state index in [0.29, 0.717) is 24.6 Å². The van der Waals surface area contributed by atoms with Crippen LogP contribution in [0, 0.1) is 6.92 Å². The normalized spacial score (nSPS) is 12.0. The van der Waals surface area contributed by atoms with Gasteiger partial charge in [0.1, 0.15) is 0 Å².